The molecule has 3 heterocycles. The molecular weight excluding hydrogens is 416 g/mol. The number of piperidine rings is 1. The van der Waals surface area contributed by atoms with Crippen LogP contribution in [0.2, 0.25) is 0 Å². The average Bonchev–Trinajstić information content (AvgIpc) is 3.43. The van der Waals surface area contributed by atoms with Crippen molar-refractivity contribution >= 4 is 34.1 Å². The van der Waals surface area contributed by atoms with Crippen LogP contribution in [0.25, 0.3) is 16.6 Å². The third-order valence-electron chi connectivity index (χ3n) is 6.94. The predicted molar refractivity (Wildman–Crippen MR) is 128 cm³/mol. The second-order valence-electron chi connectivity index (χ2n) is 8.72. The van der Waals surface area contributed by atoms with Gasteiger partial charge in [0.15, 0.2) is 0 Å². The molecule has 2 fully saturated rings. The number of hydrogen-bond donors (Lipinski definition) is 2. The molecule has 2 aromatic carbocycles. The first kappa shape index (κ1) is 21.1. The Labute approximate surface area is 192 Å². The molecule has 8 heteroatoms. The number of H-pyrrole nitrogens is 1. The molecule has 2 N–H and O–H groups in total. The smallest absolute Gasteiger partial charge is 0.250 e. The third-order valence-corrected chi connectivity index (χ3v) is 6.94. The summed E-state index contributed by atoms with van der Waals surface area (Å²) < 4.78 is 0. The molecule has 0 unspecified atom stereocenters. The Morgan fingerprint density at radius 1 is 1.18 bits per heavy atom. The molecule has 2 amide bonds. The number of carbonyl (C=O) groups excluding carboxylic acids is 2. The van der Waals surface area contributed by atoms with E-state index in [1.54, 1.807) is 11.9 Å². The van der Waals surface area contributed by atoms with Crippen LogP contribution in [0.1, 0.15) is 18.4 Å². The highest BCUT2D eigenvalue weighted by molar-refractivity contribution is 5.96. The second-order valence-corrected chi connectivity index (χ2v) is 8.72. The van der Waals surface area contributed by atoms with Crippen LogP contribution >= 0.6 is 0 Å². The third kappa shape index (κ3) is 3.61. The second kappa shape index (κ2) is 8.27. The number of anilines is 1. The zero-order valence-corrected chi connectivity index (χ0v) is 18.8. The van der Waals surface area contributed by atoms with Crippen LogP contribution in [-0.2, 0) is 9.59 Å². The maximum absolute atomic E-state index is 13.6. The topological polar surface area (TPSA) is 84.6 Å². The number of aromatic amines is 1. The number of nitrogens with one attached hydrogen (secondary N) is 2. The van der Waals surface area contributed by atoms with Gasteiger partial charge in [-0.1, -0.05) is 30.8 Å². The van der Waals surface area contributed by atoms with Gasteiger partial charge in [-0.3, -0.25) is 14.7 Å². The minimum Gasteiger partial charge on any atom is -0.371 e. The van der Waals surface area contributed by atoms with E-state index < -0.39 is 5.54 Å². The van der Waals surface area contributed by atoms with E-state index in [0.717, 1.165) is 27.9 Å². The van der Waals surface area contributed by atoms with Crippen LogP contribution in [0, 0.1) is 0 Å². The molecule has 1 spiro atoms. The van der Waals surface area contributed by atoms with Crippen molar-refractivity contribution in [3.05, 3.63) is 66.9 Å². The highest BCUT2D eigenvalue weighted by atomic mass is 16.2. The summed E-state index contributed by atoms with van der Waals surface area (Å²) in [7, 11) is 1.60. The van der Waals surface area contributed by atoms with Crippen LogP contribution in [0.4, 0.5) is 5.69 Å². The van der Waals surface area contributed by atoms with E-state index in [1.807, 2.05) is 42.6 Å². The Balaban J connectivity index is 1.38. The molecule has 8 nitrogen and oxygen atoms in total. The van der Waals surface area contributed by atoms with Crippen molar-refractivity contribution in [1.82, 2.24) is 25.3 Å². The predicted octanol–water partition coefficient (Wildman–Crippen LogP) is 2.42. The number of hydrogen-bond acceptors (Lipinski definition) is 5. The quantitative estimate of drug-likeness (QED) is 0.632. The highest BCUT2D eigenvalue weighted by Gasteiger charge is 2.54. The summed E-state index contributed by atoms with van der Waals surface area (Å²) in [6, 6.07) is 16.2. The van der Waals surface area contributed by atoms with Crippen molar-refractivity contribution in [3.8, 4) is 0 Å². The molecule has 33 heavy (non-hydrogen) atoms. The minimum atomic E-state index is -0.652. The highest BCUT2D eigenvalue weighted by Crippen LogP contribution is 2.40. The lowest BCUT2D eigenvalue weighted by molar-refractivity contribution is -0.137. The first-order chi connectivity index (χ1) is 16.0. The maximum Gasteiger partial charge on any atom is 0.250 e. The zero-order valence-electron chi connectivity index (χ0n) is 18.8. The van der Waals surface area contributed by atoms with Gasteiger partial charge in [0.2, 0.25) is 5.91 Å². The van der Waals surface area contributed by atoms with E-state index in [0.29, 0.717) is 32.6 Å². The fraction of sp³-hybridized carbons (Fsp3) is 0.320. The van der Waals surface area contributed by atoms with Crippen molar-refractivity contribution in [3.63, 3.8) is 0 Å². The van der Waals surface area contributed by atoms with Gasteiger partial charge in [0, 0.05) is 36.9 Å². The molecule has 170 valence electrons. The Morgan fingerprint density at radius 3 is 2.67 bits per heavy atom. The number of likely N-dealkylation sites (N-methyl/N-ethyl adjacent to an activating group) is 1. The molecule has 2 aliphatic heterocycles. The lowest BCUT2D eigenvalue weighted by Gasteiger charge is -2.44. The molecule has 1 aromatic heterocycles. The number of amides is 2. The van der Waals surface area contributed by atoms with E-state index >= 15 is 0 Å². The molecule has 5 rings (SSSR count). The Bertz CT molecular complexity index is 1200. The van der Waals surface area contributed by atoms with Crippen molar-refractivity contribution in [2.24, 2.45) is 0 Å². The van der Waals surface area contributed by atoms with Crippen molar-refractivity contribution in [2.75, 3.05) is 38.3 Å². The van der Waals surface area contributed by atoms with Gasteiger partial charge in [0.1, 0.15) is 12.1 Å². The molecule has 0 radical (unpaired) electrons. The average molecular weight is 445 g/mol. The number of fused-ring (bicyclic) bond motifs is 1. The summed E-state index contributed by atoms with van der Waals surface area (Å²) in [6.45, 7) is 6.26. The number of nitrogens with zero attached hydrogens (tertiary/aromatic N) is 4. The minimum absolute atomic E-state index is 0.0278. The SMILES string of the molecule is C=C(c1ccc2[nH]ncc2c1)N1CCC2(CC1)C(=O)N(CC(=O)NC)CN2c1ccccc1. The lowest BCUT2D eigenvalue weighted by Crippen LogP contribution is -2.56. The van der Waals surface area contributed by atoms with Crippen LogP contribution in [-0.4, -0.2) is 70.7 Å². The summed E-state index contributed by atoms with van der Waals surface area (Å²) in [6.07, 6.45) is 3.14. The molecular formula is C25H28N6O2. The van der Waals surface area contributed by atoms with Crippen molar-refractivity contribution in [1.29, 1.82) is 0 Å². The number of likely N-dealkylation sites (tertiary alicyclic amines) is 1. The number of para-hydroxylation sites is 1. The van der Waals surface area contributed by atoms with E-state index in [-0.39, 0.29) is 18.4 Å². The summed E-state index contributed by atoms with van der Waals surface area (Å²) in [5.74, 6) is -0.131. The van der Waals surface area contributed by atoms with Gasteiger partial charge < -0.3 is 20.0 Å². The molecule has 2 saturated heterocycles. The van der Waals surface area contributed by atoms with Crippen LogP contribution in [0.5, 0.6) is 0 Å². The van der Waals surface area contributed by atoms with Crippen LogP contribution in [0.15, 0.2) is 61.3 Å². The largest absolute Gasteiger partial charge is 0.371 e. The van der Waals surface area contributed by atoms with Gasteiger partial charge >= 0.3 is 0 Å². The standard InChI is InChI=1S/C25H28N6O2/c1-18(19-8-9-22-20(14-19)15-27-28-22)29-12-10-25(11-13-29)24(33)30(16-23(32)26-2)17-31(25)21-6-4-3-5-7-21/h3-9,14-15H,1,10-13,16-17H2,2H3,(H,26,32)(H,27,28). The maximum atomic E-state index is 13.6. The monoisotopic (exact) mass is 444 g/mol. The Kier molecular flexibility index (Phi) is 5.28. The number of benzene rings is 2. The number of aromatic nitrogens is 2. The first-order valence-corrected chi connectivity index (χ1v) is 11.2. The van der Waals surface area contributed by atoms with Crippen LogP contribution < -0.4 is 10.2 Å². The number of rotatable bonds is 5. The summed E-state index contributed by atoms with van der Waals surface area (Å²) >= 11 is 0. The van der Waals surface area contributed by atoms with Gasteiger partial charge in [-0.25, -0.2) is 0 Å². The van der Waals surface area contributed by atoms with Crippen molar-refractivity contribution in [2.45, 2.75) is 18.4 Å². The van der Waals surface area contributed by atoms with Crippen LogP contribution in [0.3, 0.4) is 0 Å². The Morgan fingerprint density at radius 2 is 1.94 bits per heavy atom. The molecule has 0 atom stereocenters. The lowest BCUT2D eigenvalue weighted by atomic mass is 9.85. The number of carbonyl (C=O) groups is 2. The molecule has 2 aliphatic rings. The molecule has 0 aliphatic carbocycles. The Hall–Kier alpha value is -3.81. The van der Waals surface area contributed by atoms with Gasteiger partial charge in [0.05, 0.1) is 18.4 Å². The van der Waals surface area contributed by atoms with E-state index in [2.05, 4.69) is 44.0 Å². The van der Waals surface area contributed by atoms with Gasteiger partial charge in [0.25, 0.3) is 5.91 Å². The molecule has 0 bridgehead atoms. The first-order valence-electron chi connectivity index (χ1n) is 11.2. The van der Waals surface area contributed by atoms with Crippen molar-refractivity contribution < 1.29 is 9.59 Å². The van der Waals surface area contributed by atoms with Gasteiger partial charge in [-0.05, 0) is 42.7 Å². The van der Waals surface area contributed by atoms with Gasteiger partial charge in [-0.15, -0.1) is 0 Å². The van der Waals surface area contributed by atoms with Gasteiger partial charge in [-0.2, -0.15) is 5.10 Å². The fourth-order valence-electron chi connectivity index (χ4n) is 5.03. The molecule has 0 saturated carbocycles. The normalized spacial score (nSPS) is 17.7. The summed E-state index contributed by atoms with van der Waals surface area (Å²) in [4.78, 5) is 31.8. The zero-order chi connectivity index (χ0) is 23.0. The summed E-state index contributed by atoms with van der Waals surface area (Å²) in [5, 5.41) is 10.8. The molecule has 3 aromatic rings. The summed E-state index contributed by atoms with van der Waals surface area (Å²) in [5.41, 5.74) is 3.35. The fourth-order valence-corrected chi connectivity index (χ4v) is 5.03. The van der Waals surface area contributed by atoms with E-state index in [1.165, 1.54) is 0 Å². The van der Waals surface area contributed by atoms with E-state index in [4.69, 9.17) is 0 Å². The van der Waals surface area contributed by atoms with E-state index in [9.17, 15) is 9.59 Å².